The van der Waals surface area contributed by atoms with E-state index in [1.54, 1.807) is 4.90 Å². The van der Waals surface area contributed by atoms with E-state index in [0.717, 1.165) is 18.2 Å². The quantitative estimate of drug-likeness (QED) is 0.395. The van der Waals surface area contributed by atoms with E-state index in [0.29, 0.717) is 42.2 Å². The van der Waals surface area contributed by atoms with Crippen molar-refractivity contribution in [2.45, 2.75) is 24.5 Å². The summed E-state index contributed by atoms with van der Waals surface area (Å²) >= 11 is 5.84. The van der Waals surface area contributed by atoms with Gasteiger partial charge in [0.15, 0.2) is 5.75 Å². The van der Waals surface area contributed by atoms with Crippen molar-refractivity contribution in [3.63, 3.8) is 0 Å². The van der Waals surface area contributed by atoms with E-state index in [1.165, 1.54) is 24.8 Å². The van der Waals surface area contributed by atoms with Crippen LogP contribution in [-0.4, -0.2) is 81.2 Å². The third kappa shape index (κ3) is 6.25. The molecule has 5 rings (SSSR count). The van der Waals surface area contributed by atoms with Gasteiger partial charge >= 0.3 is 6.09 Å². The number of rotatable bonds is 7. The maximum atomic E-state index is 14.5. The minimum atomic E-state index is -1.26. The Morgan fingerprint density at radius 2 is 1.74 bits per heavy atom. The van der Waals surface area contributed by atoms with Gasteiger partial charge in [-0.15, -0.1) is 0 Å². The van der Waals surface area contributed by atoms with Crippen molar-refractivity contribution in [1.29, 1.82) is 0 Å². The lowest BCUT2D eigenvalue weighted by Gasteiger charge is -2.35. The van der Waals surface area contributed by atoms with Gasteiger partial charge in [-0.25, -0.2) is 33.5 Å². The van der Waals surface area contributed by atoms with Crippen LogP contribution in [0.2, 0.25) is 5.02 Å². The summed E-state index contributed by atoms with van der Waals surface area (Å²) in [5.74, 6) is -0.758. The van der Waals surface area contributed by atoms with Crippen LogP contribution in [-0.2, 0) is 0 Å². The summed E-state index contributed by atoms with van der Waals surface area (Å²) < 4.78 is 34.1. The number of aromatic nitrogens is 4. The molecule has 0 spiro atoms. The molecule has 1 amide bonds. The van der Waals surface area contributed by atoms with Crippen LogP contribution in [0.5, 0.6) is 5.75 Å². The van der Waals surface area contributed by atoms with E-state index in [2.05, 4.69) is 25.3 Å². The Kier molecular flexibility index (Phi) is 7.89. The lowest BCUT2D eigenvalue weighted by atomic mass is 9.94. The number of aliphatic hydroxyl groups excluding tert-OH is 1. The number of nitrogens with one attached hydrogen (secondary N) is 1. The number of hydrogen-bond donors (Lipinski definition) is 3. The maximum absolute atomic E-state index is 14.5. The molecule has 0 aliphatic carbocycles. The normalized spacial score (nSPS) is 23.1. The summed E-state index contributed by atoms with van der Waals surface area (Å²) in [5.41, 5.74) is 0.0865. The Morgan fingerprint density at radius 3 is 2.44 bits per heavy atom. The van der Waals surface area contributed by atoms with Gasteiger partial charge in [0.05, 0.1) is 48.6 Å². The number of nitrogens with zero attached hydrogens (tertiary/aromatic N) is 6. The molecular formula is C25H26ClF2N7O4. The molecule has 1 aromatic carbocycles. The number of ether oxygens (including phenoxy) is 1. The smallest absolute Gasteiger partial charge is 0.404 e. The molecule has 2 saturated heterocycles. The second-order valence-electron chi connectivity index (χ2n) is 9.53. The zero-order valence-electron chi connectivity index (χ0n) is 20.6. The van der Waals surface area contributed by atoms with Gasteiger partial charge in [0.1, 0.15) is 11.6 Å². The summed E-state index contributed by atoms with van der Waals surface area (Å²) in [5, 5.41) is 22.7. The van der Waals surface area contributed by atoms with Crippen LogP contribution in [0, 0.1) is 17.6 Å². The molecule has 14 heteroatoms. The predicted octanol–water partition coefficient (Wildman–Crippen LogP) is 2.70. The van der Waals surface area contributed by atoms with Crippen LogP contribution >= 0.6 is 11.6 Å². The largest absolute Gasteiger partial charge is 0.490 e. The summed E-state index contributed by atoms with van der Waals surface area (Å²) in [6, 6.07) is 2.44. The zero-order valence-corrected chi connectivity index (χ0v) is 21.4. The molecule has 0 radical (unpaired) electrons. The van der Waals surface area contributed by atoms with Gasteiger partial charge in [-0.05, 0) is 30.2 Å². The second-order valence-corrected chi connectivity index (χ2v) is 9.96. The van der Waals surface area contributed by atoms with Gasteiger partial charge in [0.25, 0.3) is 0 Å². The van der Waals surface area contributed by atoms with Gasteiger partial charge < -0.3 is 30.1 Å². The van der Waals surface area contributed by atoms with Gasteiger partial charge in [0, 0.05) is 38.0 Å². The number of carboxylic acid groups (broad SMARTS) is 1. The molecule has 2 aliphatic rings. The molecule has 206 valence electrons. The van der Waals surface area contributed by atoms with Crippen molar-refractivity contribution >= 4 is 29.6 Å². The predicted molar refractivity (Wildman–Crippen MR) is 137 cm³/mol. The van der Waals surface area contributed by atoms with Crippen molar-refractivity contribution < 1.29 is 28.5 Å². The molecule has 0 bridgehead atoms. The highest BCUT2D eigenvalue weighted by molar-refractivity contribution is 6.30. The highest BCUT2D eigenvalue weighted by atomic mass is 35.5. The average molecular weight is 562 g/mol. The Bertz CT molecular complexity index is 1300. The first-order chi connectivity index (χ1) is 18.8. The highest BCUT2D eigenvalue weighted by Gasteiger charge is 2.38. The third-order valence-corrected chi connectivity index (χ3v) is 7.15. The Hall–Kier alpha value is -3.84. The standard InChI is InChI=1S/C25H26ClF2N7O4/c26-15-6-29-23(30-7-15)34-4-3-14(22(36)12-34)13-39-17-8-31-24(32-9-17)35-10-19(21(11-35)33-25(37)38)18-5-16(27)1-2-20(18)28/h1-2,5-9,14,19,21-22,33,36H,3-4,10-13H2,(H,37,38)/t14-,19-,21+,22+/m1/s1. The topological polar surface area (TPSA) is 137 Å². The van der Waals surface area contributed by atoms with Gasteiger partial charge in [0.2, 0.25) is 11.9 Å². The molecule has 2 aliphatic heterocycles. The molecule has 0 unspecified atom stereocenters. The lowest BCUT2D eigenvalue weighted by Crippen LogP contribution is -2.46. The number of benzene rings is 1. The first kappa shape index (κ1) is 26.8. The molecule has 2 fully saturated rings. The Morgan fingerprint density at radius 1 is 1.05 bits per heavy atom. The average Bonchev–Trinajstić information content (AvgIpc) is 3.33. The van der Waals surface area contributed by atoms with Crippen LogP contribution in [0.25, 0.3) is 0 Å². The first-order valence-corrected chi connectivity index (χ1v) is 12.7. The molecule has 3 N–H and O–H groups in total. The monoisotopic (exact) mass is 561 g/mol. The SMILES string of the molecule is O=C(O)N[C@H]1CN(c2ncc(OC[C@H]3CCN(c4ncc(Cl)cn4)C[C@@H]3O)cn2)C[C@@H]1c1cc(F)ccc1F. The van der Waals surface area contributed by atoms with Crippen LogP contribution in [0.4, 0.5) is 25.5 Å². The number of β-amino-alcohol motifs (C(OH)–C–C–N with tert-alkyl or cyclic N) is 1. The minimum Gasteiger partial charge on any atom is -0.490 e. The fourth-order valence-electron chi connectivity index (χ4n) is 4.96. The van der Waals surface area contributed by atoms with Crippen LogP contribution in [0.3, 0.4) is 0 Å². The number of amides is 1. The molecule has 4 atom stereocenters. The van der Waals surface area contributed by atoms with E-state index < -0.39 is 35.8 Å². The number of aliphatic hydroxyl groups is 1. The van der Waals surface area contributed by atoms with Crippen molar-refractivity contribution in [1.82, 2.24) is 25.3 Å². The van der Waals surface area contributed by atoms with Crippen molar-refractivity contribution in [2.24, 2.45) is 5.92 Å². The van der Waals surface area contributed by atoms with Crippen LogP contribution in [0.1, 0.15) is 17.9 Å². The molecule has 3 aromatic rings. The summed E-state index contributed by atoms with van der Waals surface area (Å²) in [4.78, 5) is 32.0. The van der Waals surface area contributed by atoms with Gasteiger partial charge in [-0.1, -0.05) is 11.6 Å². The van der Waals surface area contributed by atoms with Crippen LogP contribution in [0.15, 0.2) is 43.0 Å². The van der Waals surface area contributed by atoms with Crippen LogP contribution < -0.4 is 19.9 Å². The first-order valence-electron chi connectivity index (χ1n) is 12.3. The maximum Gasteiger partial charge on any atom is 0.404 e. The van der Waals surface area contributed by atoms with E-state index in [4.69, 9.17) is 16.3 Å². The van der Waals surface area contributed by atoms with Gasteiger partial charge in [-0.2, -0.15) is 0 Å². The van der Waals surface area contributed by atoms with E-state index in [-0.39, 0.29) is 31.2 Å². The highest BCUT2D eigenvalue weighted by Crippen LogP contribution is 2.32. The van der Waals surface area contributed by atoms with Crippen molar-refractivity contribution in [2.75, 3.05) is 42.6 Å². The third-order valence-electron chi connectivity index (χ3n) is 6.96. The second kappa shape index (κ2) is 11.5. The molecule has 11 nitrogen and oxygen atoms in total. The molecule has 0 saturated carbocycles. The lowest BCUT2D eigenvalue weighted by molar-refractivity contribution is 0.0611. The molecule has 4 heterocycles. The number of piperidine rings is 1. The molecule has 2 aromatic heterocycles. The minimum absolute atomic E-state index is 0.0865. The Labute approximate surface area is 227 Å². The molecule has 39 heavy (non-hydrogen) atoms. The summed E-state index contributed by atoms with van der Waals surface area (Å²) in [6.07, 6.45) is 4.75. The van der Waals surface area contributed by atoms with E-state index >= 15 is 0 Å². The van der Waals surface area contributed by atoms with Crippen molar-refractivity contribution in [3.8, 4) is 5.75 Å². The summed E-state index contributed by atoms with van der Waals surface area (Å²) in [6.45, 7) is 1.63. The number of hydrogen-bond acceptors (Lipinski definition) is 9. The number of carbonyl (C=O) groups is 1. The number of halogens is 3. The Balaban J connectivity index is 1.19. The van der Waals surface area contributed by atoms with Gasteiger partial charge in [-0.3, -0.25) is 0 Å². The number of anilines is 2. The van der Waals surface area contributed by atoms with Crippen molar-refractivity contribution in [3.05, 3.63) is 65.2 Å². The fraction of sp³-hybridized carbons (Fsp3) is 0.400. The molecular weight excluding hydrogens is 536 g/mol. The zero-order chi connectivity index (χ0) is 27.5. The van der Waals surface area contributed by atoms with E-state index in [1.807, 2.05) is 4.90 Å². The summed E-state index contributed by atoms with van der Waals surface area (Å²) in [7, 11) is 0. The van der Waals surface area contributed by atoms with E-state index in [9.17, 15) is 23.8 Å². The fourth-order valence-corrected chi connectivity index (χ4v) is 5.06.